The van der Waals surface area contributed by atoms with Crippen LogP contribution in [-0.2, 0) is 10.0 Å². The number of nitrogens with one attached hydrogen (secondary N) is 1. The fourth-order valence-corrected chi connectivity index (χ4v) is 6.78. The number of aryl methyl sites for hydroxylation is 1. The number of halogens is 1. The number of sulfonamides is 1. The zero-order chi connectivity index (χ0) is 24.5. The van der Waals surface area contributed by atoms with Crippen LogP contribution in [0.15, 0.2) is 64.6 Å². The summed E-state index contributed by atoms with van der Waals surface area (Å²) in [7, 11) is -3.84. The van der Waals surface area contributed by atoms with E-state index in [1.165, 1.54) is 37.8 Å². The maximum Gasteiger partial charge on any atom is 0.263 e. The number of amidine groups is 1. The maximum absolute atomic E-state index is 13.8. The van der Waals surface area contributed by atoms with Gasteiger partial charge in [0.1, 0.15) is 17.3 Å². The molecule has 1 heterocycles. The van der Waals surface area contributed by atoms with Gasteiger partial charge in [-0.3, -0.25) is 4.72 Å². The van der Waals surface area contributed by atoms with E-state index in [1.807, 2.05) is 6.92 Å². The molecule has 0 atom stereocenters. The van der Waals surface area contributed by atoms with Gasteiger partial charge in [0.25, 0.3) is 10.0 Å². The van der Waals surface area contributed by atoms with Gasteiger partial charge in [-0.25, -0.2) is 17.8 Å². The lowest BCUT2D eigenvalue weighted by atomic mass is 9.83. The van der Waals surface area contributed by atoms with Gasteiger partial charge >= 0.3 is 0 Å². The second-order valence-electron chi connectivity index (χ2n) is 10.2. The minimum absolute atomic E-state index is 0.205. The van der Waals surface area contributed by atoms with Crippen LogP contribution in [0.1, 0.15) is 75.3 Å². The number of aliphatic imine (C=N–C) groups is 1. The first-order valence-electron chi connectivity index (χ1n) is 12.8. The highest BCUT2D eigenvalue weighted by Gasteiger charge is 2.44. The highest BCUT2D eigenvalue weighted by atomic mass is 32.2. The Balaban J connectivity index is 1.59. The van der Waals surface area contributed by atoms with Crippen molar-refractivity contribution in [1.29, 1.82) is 0 Å². The average Bonchev–Trinajstić information content (AvgIpc) is 2.86. The SMILES string of the molecule is Cc1ccc(S(=O)(=O)NC2=NC3(CCCCC3)N(C3CCCCC3)C=C2c2ccc(F)cc2)cc1. The van der Waals surface area contributed by atoms with Crippen molar-refractivity contribution in [2.75, 3.05) is 0 Å². The summed E-state index contributed by atoms with van der Waals surface area (Å²) in [5, 5.41) is 0. The van der Waals surface area contributed by atoms with Crippen LogP contribution in [0.25, 0.3) is 5.57 Å². The highest BCUT2D eigenvalue weighted by molar-refractivity contribution is 7.90. The molecule has 0 radical (unpaired) electrons. The average molecular weight is 496 g/mol. The van der Waals surface area contributed by atoms with Crippen LogP contribution < -0.4 is 4.72 Å². The second kappa shape index (κ2) is 9.76. The molecule has 1 aliphatic heterocycles. The Kier molecular flexibility index (Phi) is 6.71. The van der Waals surface area contributed by atoms with Gasteiger partial charge in [0.2, 0.25) is 0 Å². The van der Waals surface area contributed by atoms with E-state index in [0.717, 1.165) is 49.7 Å². The summed E-state index contributed by atoms with van der Waals surface area (Å²) in [6.07, 6.45) is 13.2. The normalized spacial score (nSPS) is 20.9. The fourth-order valence-electron chi connectivity index (χ4n) is 5.76. The molecule has 0 saturated heterocycles. The van der Waals surface area contributed by atoms with Gasteiger partial charge in [-0.2, -0.15) is 0 Å². The van der Waals surface area contributed by atoms with Gasteiger partial charge < -0.3 is 4.90 Å². The third-order valence-electron chi connectivity index (χ3n) is 7.66. The van der Waals surface area contributed by atoms with E-state index in [1.54, 1.807) is 36.4 Å². The molecular weight excluding hydrogens is 461 g/mol. The molecule has 0 aromatic heterocycles. The highest BCUT2D eigenvalue weighted by Crippen LogP contribution is 2.43. The quantitative estimate of drug-likeness (QED) is 0.553. The second-order valence-corrected chi connectivity index (χ2v) is 11.9. The topological polar surface area (TPSA) is 61.8 Å². The third kappa shape index (κ3) is 5.01. The lowest BCUT2D eigenvalue weighted by Crippen LogP contribution is -2.55. The molecule has 1 spiro atoms. The first-order chi connectivity index (χ1) is 16.9. The molecule has 7 heteroatoms. The van der Waals surface area contributed by atoms with Crippen molar-refractivity contribution in [3.05, 3.63) is 71.7 Å². The first-order valence-corrected chi connectivity index (χ1v) is 14.3. The lowest BCUT2D eigenvalue weighted by molar-refractivity contribution is 0.0477. The van der Waals surface area contributed by atoms with Crippen molar-refractivity contribution < 1.29 is 12.8 Å². The summed E-state index contributed by atoms with van der Waals surface area (Å²) in [5.41, 5.74) is 2.01. The van der Waals surface area contributed by atoms with E-state index in [0.29, 0.717) is 17.5 Å². The summed E-state index contributed by atoms with van der Waals surface area (Å²) in [6, 6.07) is 13.4. The van der Waals surface area contributed by atoms with E-state index in [2.05, 4.69) is 15.8 Å². The minimum Gasteiger partial charge on any atom is -0.350 e. The molecule has 1 N–H and O–H groups in total. The molecule has 2 aromatic carbocycles. The smallest absolute Gasteiger partial charge is 0.263 e. The van der Waals surface area contributed by atoms with E-state index in [9.17, 15) is 12.8 Å². The van der Waals surface area contributed by atoms with Crippen molar-refractivity contribution in [2.24, 2.45) is 4.99 Å². The summed E-state index contributed by atoms with van der Waals surface area (Å²) in [4.78, 5) is 7.87. The van der Waals surface area contributed by atoms with E-state index < -0.39 is 15.7 Å². The number of rotatable bonds is 4. The molecule has 0 amide bonds. The molecule has 5 nitrogen and oxygen atoms in total. The van der Waals surface area contributed by atoms with Crippen LogP contribution >= 0.6 is 0 Å². The Morgan fingerprint density at radius 1 is 0.914 bits per heavy atom. The molecule has 2 saturated carbocycles. The molecule has 0 bridgehead atoms. The summed E-state index contributed by atoms with van der Waals surface area (Å²) in [6.45, 7) is 1.93. The van der Waals surface area contributed by atoms with Gasteiger partial charge in [-0.15, -0.1) is 0 Å². The number of benzene rings is 2. The van der Waals surface area contributed by atoms with E-state index in [4.69, 9.17) is 4.99 Å². The maximum atomic E-state index is 13.8. The molecule has 5 rings (SSSR count). The van der Waals surface area contributed by atoms with Crippen molar-refractivity contribution in [3.8, 4) is 0 Å². The summed E-state index contributed by atoms with van der Waals surface area (Å²) in [5.74, 6) is 0.0305. The predicted octanol–water partition coefficient (Wildman–Crippen LogP) is 6.16. The van der Waals surface area contributed by atoms with Gasteiger partial charge in [-0.05, 0) is 75.3 Å². The Morgan fingerprint density at radius 2 is 1.54 bits per heavy atom. The molecule has 186 valence electrons. The summed E-state index contributed by atoms with van der Waals surface area (Å²) >= 11 is 0. The molecule has 2 fully saturated rings. The van der Waals surface area contributed by atoms with Crippen molar-refractivity contribution >= 4 is 21.4 Å². The van der Waals surface area contributed by atoms with Crippen molar-refractivity contribution in [3.63, 3.8) is 0 Å². The van der Waals surface area contributed by atoms with Crippen LogP contribution in [0.2, 0.25) is 0 Å². The fraction of sp³-hybridized carbons (Fsp3) is 0.464. The molecule has 2 aliphatic carbocycles. The van der Waals surface area contributed by atoms with E-state index >= 15 is 0 Å². The number of nitrogens with zero attached hydrogens (tertiary/aromatic N) is 2. The first kappa shape index (κ1) is 24.0. The Morgan fingerprint density at radius 3 is 2.20 bits per heavy atom. The Hall–Kier alpha value is -2.67. The zero-order valence-corrected chi connectivity index (χ0v) is 21.2. The largest absolute Gasteiger partial charge is 0.350 e. The van der Waals surface area contributed by atoms with Crippen LogP contribution in [0, 0.1) is 12.7 Å². The molecule has 3 aliphatic rings. The van der Waals surface area contributed by atoms with Gasteiger partial charge in [0.15, 0.2) is 0 Å². The Labute approximate surface area is 208 Å². The zero-order valence-electron chi connectivity index (χ0n) is 20.3. The van der Waals surface area contributed by atoms with Gasteiger partial charge in [0.05, 0.1) is 4.90 Å². The van der Waals surface area contributed by atoms with Crippen molar-refractivity contribution in [2.45, 2.75) is 87.7 Å². The third-order valence-corrected chi connectivity index (χ3v) is 9.02. The molecular formula is C28H34FN3O2S. The van der Waals surface area contributed by atoms with Gasteiger partial charge in [0, 0.05) is 17.8 Å². The molecule has 35 heavy (non-hydrogen) atoms. The Bertz CT molecular complexity index is 1210. The minimum atomic E-state index is -3.84. The van der Waals surface area contributed by atoms with Crippen LogP contribution in [0.4, 0.5) is 4.39 Å². The molecule has 2 aromatic rings. The van der Waals surface area contributed by atoms with Crippen molar-refractivity contribution in [1.82, 2.24) is 9.62 Å². The lowest BCUT2D eigenvalue weighted by Gasteiger charge is -2.50. The van der Waals surface area contributed by atoms with Gasteiger partial charge in [-0.1, -0.05) is 55.5 Å². The van der Waals surface area contributed by atoms with Crippen LogP contribution in [0.3, 0.4) is 0 Å². The van der Waals surface area contributed by atoms with E-state index in [-0.39, 0.29) is 10.7 Å². The summed E-state index contributed by atoms with van der Waals surface area (Å²) < 4.78 is 43.4. The number of hydrogen-bond donors (Lipinski definition) is 1. The number of hydrogen-bond acceptors (Lipinski definition) is 4. The monoisotopic (exact) mass is 495 g/mol. The van der Waals surface area contributed by atoms with Crippen LogP contribution in [0.5, 0.6) is 0 Å². The predicted molar refractivity (Wildman–Crippen MR) is 138 cm³/mol. The molecule has 0 unspecified atom stereocenters. The standard InChI is InChI=1S/C28H34FN3O2S/c1-21-10-16-25(17-11-21)35(33,34)31-27-26(22-12-14-23(29)15-13-22)20-32(24-8-4-2-5-9-24)28(30-27)18-6-3-7-19-28/h10-17,20,24H,2-9,18-19H2,1H3,(H,30,31). The van der Waals surface area contributed by atoms with Crippen LogP contribution in [-0.4, -0.2) is 30.9 Å².